The fourth-order valence-electron chi connectivity index (χ4n) is 3.14. The van der Waals surface area contributed by atoms with Gasteiger partial charge in [0.25, 0.3) is 10.0 Å². The maximum atomic E-state index is 12.9. The summed E-state index contributed by atoms with van der Waals surface area (Å²) >= 11 is 7.12. The molecule has 0 amide bonds. The van der Waals surface area contributed by atoms with Gasteiger partial charge < -0.3 is 4.90 Å². The monoisotopic (exact) mass is 477 g/mol. The Bertz CT molecular complexity index is 1100. The number of hydrogen-bond donors (Lipinski definition) is 2. The average Bonchev–Trinajstić information content (AvgIpc) is 3.14. The average molecular weight is 478 g/mol. The van der Waals surface area contributed by atoms with Gasteiger partial charge in [0, 0.05) is 13.1 Å². The third kappa shape index (κ3) is 4.88. The molecule has 0 spiro atoms. The Labute approximate surface area is 181 Å². The second-order valence-electron chi connectivity index (χ2n) is 7.67. The molecule has 0 atom stereocenters. The molecule has 1 fully saturated rings. The summed E-state index contributed by atoms with van der Waals surface area (Å²) in [5.41, 5.74) is 1.26. The van der Waals surface area contributed by atoms with Crippen molar-refractivity contribution >= 4 is 54.4 Å². The molecule has 2 heterocycles. The molecular formula is C18H24ClN3O4S3. The number of hydrogen-bond acceptors (Lipinski definition) is 6. The summed E-state index contributed by atoms with van der Waals surface area (Å²) in [5, 5.41) is 0.467. The predicted octanol–water partition coefficient (Wildman–Crippen LogP) is 3.74. The van der Waals surface area contributed by atoms with E-state index in [1.54, 1.807) is 18.2 Å². The summed E-state index contributed by atoms with van der Waals surface area (Å²) in [6.45, 7) is 5.98. The van der Waals surface area contributed by atoms with Crippen LogP contribution >= 0.6 is 22.9 Å². The molecule has 1 aromatic heterocycles. The second-order valence-corrected chi connectivity index (χ2v) is 13.2. The minimum atomic E-state index is -3.97. The minimum absolute atomic E-state index is 0.0649. The lowest BCUT2D eigenvalue weighted by Crippen LogP contribution is -2.38. The Morgan fingerprint density at radius 3 is 2.17 bits per heavy atom. The van der Waals surface area contributed by atoms with Gasteiger partial charge in [-0.05, 0) is 49.6 Å². The molecule has 2 N–H and O–H groups in total. The van der Waals surface area contributed by atoms with Crippen LogP contribution in [0.2, 0.25) is 5.02 Å². The molecule has 2 aromatic rings. The number of nitrogens with zero attached hydrogens (tertiary/aromatic N) is 1. The van der Waals surface area contributed by atoms with Gasteiger partial charge in [-0.3, -0.25) is 4.72 Å². The molecule has 0 unspecified atom stereocenters. The number of para-hydroxylation sites is 1. The summed E-state index contributed by atoms with van der Waals surface area (Å²) in [5.74, 6) is 0. The Morgan fingerprint density at radius 1 is 1.00 bits per heavy atom. The molecule has 0 saturated carbocycles. The molecule has 11 heteroatoms. The molecule has 1 aliphatic rings. The number of benzene rings is 1. The molecule has 3 rings (SSSR count). The molecule has 0 bridgehead atoms. The van der Waals surface area contributed by atoms with Crippen LogP contribution in [0.3, 0.4) is 0 Å². The summed E-state index contributed by atoms with van der Waals surface area (Å²) in [4.78, 5) is 2.09. The fourth-order valence-corrected chi connectivity index (χ4v) is 7.11. The maximum absolute atomic E-state index is 12.9. The molecule has 1 aliphatic heterocycles. The van der Waals surface area contributed by atoms with Gasteiger partial charge in [-0.2, -0.15) is 0 Å². The fraction of sp³-hybridized carbons (Fsp3) is 0.444. The SMILES string of the molecule is CNS(=O)(=O)c1ccc(S(=O)(=O)Nc2cccc(Cl)c2N2CCC(C)(C)CC2)s1. The van der Waals surface area contributed by atoms with E-state index < -0.39 is 20.0 Å². The van der Waals surface area contributed by atoms with Crippen LogP contribution in [0.15, 0.2) is 38.8 Å². The first-order chi connectivity index (χ1) is 13.5. The van der Waals surface area contributed by atoms with Crippen LogP contribution in [-0.2, 0) is 20.0 Å². The van der Waals surface area contributed by atoms with Gasteiger partial charge >= 0.3 is 0 Å². The van der Waals surface area contributed by atoms with Crippen LogP contribution in [0.4, 0.5) is 11.4 Å². The van der Waals surface area contributed by atoms with Crippen molar-refractivity contribution in [3.05, 3.63) is 35.4 Å². The van der Waals surface area contributed by atoms with Gasteiger partial charge in [-0.25, -0.2) is 21.6 Å². The van der Waals surface area contributed by atoms with Crippen molar-refractivity contribution in [2.45, 2.75) is 35.1 Å². The van der Waals surface area contributed by atoms with E-state index in [4.69, 9.17) is 11.6 Å². The zero-order valence-corrected chi connectivity index (χ0v) is 19.6. The van der Waals surface area contributed by atoms with Crippen LogP contribution < -0.4 is 14.3 Å². The van der Waals surface area contributed by atoms with Crippen molar-refractivity contribution in [1.29, 1.82) is 0 Å². The molecular weight excluding hydrogens is 454 g/mol. The number of anilines is 2. The third-order valence-corrected chi connectivity index (χ3v) is 10.2. The van der Waals surface area contributed by atoms with Gasteiger partial charge in [0.2, 0.25) is 10.0 Å². The van der Waals surface area contributed by atoms with E-state index in [0.29, 0.717) is 27.7 Å². The number of piperidine rings is 1. The quantitative estimate of drug-likeness (QED) is 0.660. The largest absolute Gasteiger partial charge is 0.369 e. The highest BCUT2D eigenvalue weighted by Crippen LogP contribution is 2.40. The van der Waals surface area contributed by atoms with E-state index in [1.165, 1.54) is 19.2 Å². The van der Waals surface area contributed by atoms with E-state index in [0.717, 1.165) is 25.9 Å². The van der Waals surface area contributed by atoms with Crippen molar-refractivity contribution in [2.24, 2.45) is 5.41 Å². The maximum Gasteiger partial charge on any atom is 0.271 e. The highest BCUT2D eigenvalue weighted by molar-refractivity contribution is 7.96. The standard InChI is InChI=1S/C18H24ClN3O4S3/c1-18(2)9-11-22(12-10-18)17-13(19)5-4-6-14(17)21-29(25,26)16-8-7-15(27-16)28(23,24)20-3/h4-8,20-21H,9-12H2,1-3H3. The topological polar surface area (TPSA) is 95.6 Å². The van der Waals surface area contributed by atoms with Crippen molar-refractivity contribution in [2.75, 3.05) is 29.8 Å². The molecule has 0 radical (unpaired) electrons. The van der Waals surface area contributed by atoms with Crippen LogP contribution in [-0.4, -0.2) is 37.0 Å². The summed E-state index contributed by atoms with van der Waals surface area (Å²) in [6.07, 6.45) is 1.95. The van der Waals surface area contributed by atoms with E-state index in [-0.39, 0.29) is 13.8 Å². The van der Waals surface area contributed by atoms with Gasteiger partial charge in [0.05, 0.1) is 16.4 Å². The van der Waals surface area contributed by atoms with Crippen LogP contribution in [0.25, 0.3) is 0 Å². The van der Waals surface area contributed by atoms with Crippen molar-refractivity contribution in [1.82, 2.24) is 4.72 Å². The van der Waals surface area contributed by atoms with E-state index >= 15 is 0 Å². The van der Waals surface area contributed by atoms with Gasteiger partial charge in [0.15, 0.2) is 0 Å². The van der Waals surface area contributed by atoms with Crippen LogP contribution in [0.1, 0.15) is 26.7 Å². The van der Waals surface area contributed by atoms with Gasteiger partial charge in [0.1, 0.15) is 8.42 Å². The molecule has 1 saturated heterocycles. The van der Waals surface area contributed by atoms with Gasteiger partial charge in [-0.15, -0.1) is 11.3 Å². The zero-order valence-electron chi connectivity index (χ0n) is 16.4. The van der Waals surface area contributed by atoms with Crippen LogP contribution in [0, 0.1) is 5.41 Å². The van der Waals surface area contributed by atoms with Crippen molar-refractivity contribution < 1.29 is 16.8 Å². The molecule has 160 valence electrons. The number of halogens is 1. The molecule has 0 aliphatic carbocycles. The third-order valence-electron chi connectivity index (χ3n) is 5.02. The Balaban J connectivity index is 1.92. The molecule has 1 aromatic carbocycles. The van der Waals surface area contributed by atoms with E-state index in [2.05, 4.69) is 28.2 Å². The normalized spacial score (nSPS) is 17.3. The lowest BCUT2D eigenvalue weighted by Gasteiger charge is -2.39. The minimum Gasteiger partial charge on any atom is -0.369 e. The number of sulfonamides is 2. The van der Waals surface area contributed by atoms with Crippen molar-refractivity contribution in [3.63, 3.8) is 0 Å². The Hall–Kier alpha value is -1.33. The van der Waals surface area contributed by atoms with E-state index in [9.17, 15) is 16.8 Å². The lowest BCUT2D eigenvalue weighted by molar-refractivity contribution is 0.280. The summed E-state index contributed by atoms with van der Waals surface area (Å²) in [7, 11) is -6.40. The Kier molecular flexibility index (Phi) is 6.22. The predicted molar refractivity (Wildman–Crippen MR) is 118 cm³/mol. The van der Waals surface area contributed by atoms with Gasteiger partial charge in [-0.1, -0.05) is 31.5 Å². The first-order valence-corrected chi connectivity index (χ1v) is 13.2. The summed E-state index contributed by atoms with van der Waals surface area (Å²) in [6, 6.07) is 7.64. The lowest BCUT2D eigenvalue weighted by atomic mass is 9.82. The number of rotatable bonds is 6. The second kappa shape index (κ2) is 8.07. The molecule has 29 heavy (non-hydrogen) atoms. The highest BCUT2D eigenvalue weighted by Gasteiger charge is 2.29. The zero-order chi connectivity index (χ0) is 21.4. The number of thiophene rings is 1. The molecule has 7 nitrogen and oxygen atoms in total. The smallest absolute Gasteiger partial charge is 0.271 e. The first kappa shape index (κ1) is 22.4. The Morgan fingerprint density at radius 2 is 1.59 bits per heavy atom. The van der Waals surface area contributed by atoms with Crippen LogP contribution in [0.5, 0.6) is 0 Å². The first-order valence-electron chi connectivity index (χ1n) is 9.05. The van der Waals surface area contributed by atoms with Crippen molar-refractivity contribution in [3.8, 4) is 0 Å². The number of nitrogens with one attached hydrogen (secondary N) is 2. The van der Waals surface area contributed by atoms with E-state index in [1.807, 2.05) is 0 Å². The highest BCUT2D eigenvalue weighted by atomic mass is 35.5. The summed E-state index contributed by atoms with van der Waals surface area (Å²) < 4.78 is 54.3.